The summed E-state index contributed by atoms with van der Waals surface area (Å²) in [6.07, 6.45) is -4.95. The normalized spacial score (nSPS) is 16.9. The summed E-state index contributed by atoms with van der Waals surface area (Å²) in [5, 5.41) is 3.17. The van der Waals surface area contributed by atoms with Crippen molar-refractivity contribution in [3.05, 3.63) is 0 Å². The minimum Gasteiger partial charge on any atom is -0.365 e. The van der Waals surface area contributed by atoms with E-state index in [1.807, 2.05) is 27.7 Å². The molecule has 0 rings (SSSR count). The van der Waals surface area contributed by atoms with Crippen molar-refractivity contribution in [1.29, 1.82) is 0 Å². The van der Waals surface area contributed by atoms with E-state index < -0.39 is 18.4 Å². The molecular weight excluding hydrogens is 231 g/mol. The van der Waals surface area contributed by atoms with Gasteiger partial charge in [0.1, 0.15) is 0 Å². The summed E-state index contributed by atoms with van der Waals surface area (Å²) in [6, 6.07) is 0. The molecule has 104 valence electrons. The molecule has 0 amide bonds. The minimum atomic E-state index is -4.28. The Morgan fingerprint density at radius 3 is 2.06 bits per heavy atom. The van der Waals surface area contributed by atoms with Gasteiger partial charge in [-0.05, 0) is 34.1 Å². The Balaban J connectivity index is 4.24. The molecule has 17 heavy (non-hydrogen) atoms. The van der Waals surface area contributed by atoms with Gasteiger partial charge in [0, 0.05) is 12.1 Å². The average molecular weight is 255 g/mol. The van der Waals surface area contributed by atoms with Crippen LogP contribution in [0.25, 0.3) is 0 Å². The largest absolute Gasteiger partial charge is 0.414 e. The van der Waals surface area contributed by atoms with E-state index in [9.17, 15) is 13.2 Å². The van der Waals surface area contributed by atoms with Gasteiger partial charge in [0.05, 0.1) is 6.10 Å². The topological polar surface area (TPSA) is 21.3 Å². The van der Waals surface area contributed by atoms with E-state index in [-0.39, 0.29) is 5.54 Å². The quantitative estimate of drug-likeness (QED) is 0.784. The molecule has 0 spiro atoms. The first-order chi connectivity index (χ1) is 7.56. The van der Waals surface area contributed by atoms with Crippen LogP contribution < -0.4 is 5.32 Å². The van der Waals surface area contributed by atoms with Crippen molar-refractivity contribution < 1.29 is 17.9 Å². The van der Waals surface area contributed by atoms with Gasteiger partial charge in [-0.3, -0.25) is 0 Å². The fourth-order valence-electron chi connectivity index (χ4n) is 1.33. The predicted molar refractivity (Wildman–Crippen MR) is 63.1 cm³/mol. The first kappa shape index (κ1) is 16.7. The van der Waals surface area contributed by atoms with Gasteiger partial charge in [-0.2, -0.15) is 13.2 Å². The smallest absolute Gasteiger partial charge is 0.365 e. The first-order valence-corrected chi connectivity index (χ1v) is 6.03. The molecule has 0 aromatic heterocycles. The SMILES string of the molecule is CCCC(CNC(C)(C)C)OC(C)C(F)(F)F. The maximum atomic E-state index is 12.4. The van der Waals surface area contributed by atoms with Gasteiger partial charge in [-0.1, -0.05) is 13.3 Å². The molecule has 2 unspecified atom stereocenters. The summed E-state index contributed by atoms with van der Waals surface area (Å²) in [6.45, 7) is 9.36. The Morgan fingerprint density at radius 2 is 1.71 bits per heavy atom. The summed E-state index contributed by atoms with van der Waals surface area (Å²) in [5.41, 5.74) is -0.114. The van der Waals surface area contributed by atoms with E-state index >= 15 is 0 Å². The number of alkyl halides is 3. The van der Waals surface area contributed by atoms with Gasteiger partial charge in [0.2, 0.25) is 0 Å². The van der Waals surface area contributed by atoms with Gasteiger partial charge in [0.15, 0.2) is 6.10 Å². The average Bonchev–Trinajstić information content (AvgIpc) is 2.11. The van der Waals surface area contributed by atoms with Crippen molar-refractivity contribution >= 4 is 0 Å². The molecule has 0 aromatic rings. The second-order valence-electron chi connectivity index (χ2n) is 5.36. The number of hydrogen-bond acceptors (Lipinski definition) is 2. The summed E-state index contributed by atoms with van der Waals surface area (Å²) in [5.74, 6) is 0. The highest BCUT2D eigenvalue weighted by molar-refractivity contribution is 4.75. The lowest BCUT2D eigenvalue weighted by Gasteiger charge is -2.28. The number of ether oxygens (including phenoxy) is 1. The van der Waals surface area contributed by atoms with Crippen molar-refractivity contribution in [3.63, 3.8) is 0 Å². The molecule has 1 N–H and O–H groups in total. The molecule has 0 bridgehead atoms. The van der Waals surface area contributed by atoms with Crippen LogP contribution in [0.2, 0.25) is 0 Å². The number of hydrogen-bond donors (Lipinski definition) is 1. The van der Waals surface area contributed by atoms with Crippen LogP contribution in [-0.4, -0.2) is 30.5 Å². The Hall–Kier alpha value is -0.290. The van der Waals surface area contributed by atoms with Crippen LogP contribution in [0, 0.1) is 0 Å². The molecular formula is C12H24F3NO. The van der Waals surface area contributed by atoms with Crippen molar-refractivity contribution in [3.8, 4) is 0 Å². The zero-order valence-electron chi connectivity index (χ0n) is 11.3. The third-order valence-corrected chi connectivity index (χ3v) is 2.33. The zero-order valence-corrected chi connectivity index (χ0v) is 11.3. The van der Waals surface area contributed by atoms with Gasteiger partial charge >= 0.3 is 6.18 Å². The van der Waals surface area contributed by atoms with Gasteiger partial charge < -0.3 is 10.1 Å². The van der Waals surface area contributed by atoms with E-state index in [4.69, 9.17) is 4.74 Å². The van der Waals surface area contributed by atoms with Crippen LogP contribution >= 0.6 is 0 Å². The second-order valence-corrected chi connectivity index (χ2v) is 5.36. The predicted octanol–water partition coefficient (Wildman–Crippen LogP) is 3.51. The van der Waals surface area contributed by atoms with E-state index in [2.05, 4.69) is 5.32 Å². The molecule has 0 aliphatic heterocycles. The molecule has 0 fully saturated rings. The Labute approximate surface area is 102 Å². The molecule has 2 atom stereocenters. The van der Waals surface area contributed by atoms with Crippen LogP contribution in [0.1, 0.15) is 47.5 Å². The van der Waals surface area contributed by atoms with Crippen LogP contribution in [0.15, 0.2) is 0 Å². The van der Waals surface area contributed by atoms with E-state index in [1.165, 1.54) is 0 Å². The summed E-state index contributed by atoms with van der Waals surface area (Å²) < 4.78 is 42.2. The summed E-state index contributed by atoms with van der Waals surface area (Å²) in [7, 11) is 0. The standard InChI is InChI=1S/C12H24F3NO/c1-6-7-10(8-16-11(3,4)5)17-9(2)12(13,14)15/h9-10,16H,6-8H2,1-5H3. The monoisotopic (exact) mass is 255 g/mol. The molecule has 0 aromatic carbocycles. The van der Waals surface area contributed by atoms with E-state index in [1.54, 1.807) is 0 Å². The molecule has 0 aliphatic carbocycles. The van der Waals surface area contributed by atoms with Crippen molar-refractivity contribution in [2.45, 2.75) is 71.4 Å². The molecule has 2 nitrogen and oxygen atoms in total. The second kappa shape index (κ2) is 6.59. The van der Waals surface area contributed by atoms with Gasteiger partial charge in [0.25, 0.3) is 0 Å². The Bertz CT molecular complexity index is 211. The molecule has 0 saturated carbocycles. The van der Waals surface area contributed by atoms with Crippen molar-refractivity contribution in [2.75, 3.05) is 6.54 Å². The lowest BCUT2D eigenvalue weighted by atomic mass is 10.1. The summed E-state index contributed by atoms with van der Waals surface area (Å²) >= 11 is 0. The van der Waals surface area contributed by atoms with Crippen LogP contribution in [0.5, 0.6) is 0 Å². The molecule has 0 radical (unpaired) electrons. The van der Waals surface area contributed by atoms with E-state index in [0.717, 1.165) is 13.3 Å². The molecule has 0 aliphatic rings. The summed E-state index contributed by atoms with van der Waals surface area (Å²) in [4.78, 5) is 0. The maximum absolute atomic E-state index is 12.4. The Morgan fingerprint density at radius 1 is 1.18 bits per heavy atom. The Kier molecular flexibility index (Phi) is 6.48. The third-order valence-electron chi connectivity index (χ3n) is 2.33. The van der Waals surface area contributed by atoms with Crippen LogP contribution in [-0.2, 0) is 4.74 Å². The van der Waals surface area contributed by atoms with Crippen LogP contribution in [0.3, 0.4) is 0 Å². The highest BCUT2D eigenvalue weighted by atomic mass is 19.4. The molecule has 0 saturated heterocycles. The van der Waals surface area contributed by atoms with E-state index in [0.29, 0.717) is 13.0 Å². The number of halogens is 3. The van der Waals surface area contributed by atoms with Gasteiger partial charge in [-0.25, -0.2) is 0 Å². The number of nitrogens with one attached hydrogen (secondary N) is 1. The zero-order chi connectivity index (χ0) is 13.7. The van der Waals surface area contributed by atoms with Gasteiger partial charge in [-0.15, -0.1) is 0 Å². The molecule has 0 heterocycles. The lowest BCUT2D eigenvalue weighted by molar-refractivity contribution is -0.227. The highest BCUT2D eigenvalue weighted by Gasteiger charge is 2.38. The van der Waals surface area contributed by atoms with Crippen molar-refractivity contribution in [2.24, 2.45) is 0 Å². The maximum Gasteiger partial charge on any atom is 0.414 e. The highest BCUT2D eigenvalue weighted by Crippen LogP contribution is 2.24. The first-order valence-electron chi connectivity index (χ1n) is 6.03. The third kappa shape index (κ3) is 8.44. The minimum absolute atomic E-state index is 0.114. The van der Waals surface area contributed by atoms with Crippen LogP contribution in [0.4, 0.5) is 13.2 Å². The lowest BCUT2D eigenvalue weighted by Crippen LogP contribution is -2.44. The fraction of sp³-hybridized carbons (Fsp3) is 1.00. The fourth-order valence-corrected chi connectivity index (χ4v) is 1.33. The molecule has 5 heteroatoms. The van der Waals surface area contributed by atoms with Crippen molar-refractivity contribution in [1.82, 2.24) is 5.32 Å². The number of rotatable bonds is 6.